The highest BCUT2D eigenvalue weighted by Crippen LogP contribution is 2.22. The van der Waals surface area contributed by atoms with Crippen LogP contribution in [0.2, 0.25) is 0 Å². The van der Waals surface area contributed by atoms with E-state index in [1.165, 1.54) is 11.3 Å². The first kappa shape index (κ1) is 10.5. The summed E-state index contributed by atoms with van der Waals surface area (Å²) in [6.07, 6.45) is 0. The number of nitrogens with one attached hydrogen (secondary N) is 1. The van der Waals surface area contributed by atoms with Gasteiger partial charge in [-0.2, -0.15) is 5.10 Å². The fourth-order valence-corrected chi connectivity index (χ4v) is 2.35. The van der Waals surface area contributed by atoms with Crippen LogP contribution in [0.25, 0.3) is 5.69 Å². The van der Waals surface area contributed by atoms with Crippen molar-refractivity contribution >= 4 is 0 Å². The van der Waals surface area contributed by atoms with Crippen LogP contribution >= 0.6 is 0 Å². The summed E-state index contributed by atoms with van der Waals surface area (Å²) in [7, 11) is 0. The molecule has 4 nitrogen and oxygen atoms in total. The summed E-state index contributed by atoms with van der Waals surface area (Å²) in [5.41, 5.74) is 11.6. The van der Waals surface area contributed by atoms with Crippen molar-refractivity contribution in [1.82, 2.24) is 15.1 Å². The second-order valence-electron chi connectivity index (χ2n) is 4.40. The lowest BCUT2D eigenvalue weighted by atomic mass is 10.2. The largest absolute Gasteiger partial charge is 0.326 e. The summed E-state index contributed by atoms with van der Waals surface area (Å²) in [6.45, 7) is 4.45. The van der Waals surface area contributed by atoms with Gasteiger partial charge in [0.25, 0.3) is 0 Å². The average Bonchev–Trinajstić information content (AvgIpc) is 2.94. The molecular formula is C13H16N4. The van der Waals surface area contributed by atoms with Crippen molar-refractivity contribution in [1.29, 1.82) is 0 Å². The summed E-state index contributed by atoms with van der Waals surface area (Å²) < 4.78 is 2.03. The summed E-state index contributed by atoms with van der Waals surface area (Å²) in [5.74, 6) is 0. The fourth-order valence-electron chi connectivity index (χ4n) is 2.35. The molecule has 0 unspecified atom stereocenters. The van der Waals surface area contributed by atoms with Crippen LogP contribution in [-0.4, -0.2) is 9.78 Å². The van der Waals surface area contributed by atoms with E-state index < -0.39 is 0 Å². The first-order valence-electron chi connectivity index (χ1n) is 5.87. The number of nitrogens with two attached hydrogens (primary N) is 1. The molecule has 3 rings (SSSR count). The molecule has 17 heavy (non-hydrogen) atoms. The van der Waals surface area contributed by atoms with Gasteiger partial charge in [-0.05, 0) is 24.6 Å². The van der Waals surface area contributed by atoms with Crippen molar-refractivity contribution in [3.63, 3.8) is 0 Å². The van der Waals surface area contributed by atoms with Gasteiger partial charge in [0.2, 0.25) is 0 Å². The molecule has 0 fully saturated rings. The van der Waals surface area contributed by atoms with E-state index in [9.17, 15) is 0 Å². The first-order chi connectivity index (χ1) is 8.29. The Balaban J connectivity index is 2.12. The van der Waals surface area contributed by atoms with Crippen LogP contribution < -0.4 is 11.1 Å². The molecule has 0 amide bonds. The van der Waals surface area contributed by atoms with Gasteiger partial charge in [0, 0.05) is 25.2 Å². The zero-order chi connectivity index (χ0) is 11.8. The maximum atomic E-state index is 5.67. The van der Waals surface area contributed by atoms with Crippen LogP contribution in [0.15, 0.2) is 24.3 Å². The van der Waals surface area contributed by atoms with Gasteiger partial charge in [-0.3, -0.25) is 0 Å². The van der Waals surface area contributed by atoms with Gasteiger partial charge in [0.1, 0.15) is 0 Å². The number of aromatic nitrogens is 2. The van der Waals surface area contributed by atoms with E-state index in [1.54, 1.807) is 0 Å². The number of hydrogen-bond donors (Lipinski definition) is 2. The number of nitrogens with zero attached hydrogens (tertiary/aromatic N) is 2. The third kappa shape index (κ3) is 1.66. The van der Waals surface area contributed by atoms with E-state index in [4.69, 9.17) is 5.73 Å². The Labute approximate surface area is 100 Å². The molecule has 0 radical (unpaired) electrons. The Hall–Kier alpha value is -1.65. The molecule has 1 aromatic carbocycles. The SMILES string of the molecule is Cc1nn(-c2cccc(CN)c2)c2c1CNC2. The minimum atomic E-state index is 0.564. The molecule has 1 aliphatic rings. The molecule has 4 heteroatoms. The summed E-state index contributed by atoms with van der Waals surface area (Å²) in [5, 5.41) is 7.98. The highest BCUT2D eigenvalue weighted by Gasteiger charge is 2.20. The molecule has 3 N–H and O–H groups in total. The van der Waals surface area contributed by atoms with E-state index in [0.29, 0.717) is 6.54 Å². The molecule has 0 aliphatic carbocycles. The zero-order valence-corrected chi connectivity index (χ0v) is 9.90. The standard InChI is InChI=1S/C13H16N4/c1-9-12-7-15-8-13(12)17(16-9)11-4-2-3-10(5-11)6-14/h2-5,15H,6-8,14H2,1H3. The average molecular weight is 228 g/mol. The molecule has 1 aliphatic heterocycles. The lowest BCUT2D eigenvalue weighted by Crippen LogP contribution is -2.08. The maximum Gasteiger partial charge on any atom is 0.0652 e. The van der Waals surface area contributed by atoms with Gasteiger partial charge < -0.3 is 11.1 Å². The molecule has 1 aromatic heterocycles. The van der Waals surface area contributed by atoms with Crippen molar-refractivity contribution in [2.75, 3.05) is 0 Å². The summed E-state index contributed by atoms with van der Waals surface area (Å²) in [6, 6.07) is 8.25. The smallest absolute Gasteiger partial charge is 0.0652 e. The normalized spacial score (nSPS) is 14.0. The predicted molar refractivity (Wildman–Crippen MR) is 66.7 cm³/mol. The topological polar surface area (TPSA) is 55.9 Å². The Morgan fingerprint density at radius 2 is 2.29 bits per heavy atom. The van der Waals surface area contributed by atoms with E-state index in [-0.39, 0.29) is 0 Å². The third-order valence-electron chi connectivity index (χ3n) is 3.28. The molecular weight excluding hydrogens is 212 g/mol. The van der Waals surface area contributed by atoms with Gasteiger partial charge in [0.15, 0.2) is 0 Å². The highest BCUT2D eigenvalue weighted by atomic mass is 15.3. The van der Waals surface area contributed by atoms with E-state index in [1.807, 2.05) is 16.8 Å². The van der Waals surface area contributed by atoms with Gasteiger partial charge in [-0.25, -0.2) is 4.68 Å². The van der Waals surface area contributed by atoms with Crippen LogP contribution in [0.4, 0.5) is 0 Å². The van der Waals surface area contributed by atoms with Crippen molar-refractivity contribution in [2.45, 2.75) is 26.6 Å². The number of rotatable bonds is 2. The van der Waals surface area contributed by atoms with Gasteiger partial charge in [-0.15, -0.1) is 0 Å². The number of hydrogen-bond acceptors (Lipinski definition) is 3. The number of benzene rings is 1. The second-order valence-corrected chi connectivity index (χ2v) is 4.40. The van der Waals surface area contributed by atoms with Crippen molar-refractivity contribution in [2.24, 2.45) is 5.73 Å². The van der Waals surface area contributed by atoms with Crippen LogP contribution in [0.1, 0.15) is 22.5 Å². The van der Waals surface area contributed by atoms with Gasteiger partial charge in [-0.1, -0.05) is 12.1 Å². The fraction of sp³-hybridized carbons (Fsp3) is 0.308. The zero-order valence-electron chi connectivity index (χ0n) is 9.90. The van der Waals surface area contributed by atoms with Crippen LogP contribution in [0.3, 0.4) is 0 Å². The lowest BCUT2D eigenvalue weighted by molar-refractivity contribution is 0.704. The van der Waals surface area contributed by atoms with Crippen LogP contribution in [0, 0.1) is 6.92 Å². The third-order valence-corrected chi connectivity index (χ3v) is 3.28. The van der Waals surface area contributed by atoms with E-state index in [0.717, 1.165) is 30.0 Å². The van der Waals surface area contributed by atoms with Gasteiger partial charge >= 0.3 is 0 Å². The molecule has 0 spiro atoms. The van der Waals surface area contributed by atoms with Gasteiger partial charge in [0.05, 0.1) is 17.1 Å². The van der Waals surface area contributed by atoms with E-state index in [2.05, 4.69) is 29.5 Å². The van der Waals surface area contributed by atoms with Crippen LogP contribution in [-0.2, 0) is 19.6 Å². The second kappa shape index (κ2) is 3.98. The Morgan fingerprint density at radius 3 is 3.12 bits per heavy atom. The lowest BCUT2D eigenvalue weighted by Gasteiger charge is -2.07. The molecule has 0 atom stereocenters. The number of fused-ring (bicyclic) bond motifs is 1. The Kier molecular flexibility index (Phi) is 2.46. The molecule has 2 heterocycles. The molecule has 88 valence electrons. The first-order valence-corrected chi connectivity index (χ1v) is 5.87. The maximum absolute atomic E-state index is 5.67. The molecule has 0 saturated carbocycles. The predicted octanol–water partition coefficient (Wildman–Crippen LogP) is 1.24. The van der Waals surface area contributed by atoms with Crippen molar-refractivity contribution < 1.29 is 0 Å². The number of aryl methyl sites for hydroxylation is 1. The molecule has 0 saturated heterocycles. The van der Waals surface area contributed by atoms with Crippen LogP contribution in [0.5, 0.6) is 0 Å². The minimum Gasteiger partial charge on any atom is -0.326 e. The highest BCUT2D eigenvalue weighted by molar-refractivity contribution is 5.41. The van der Waals surface area contributed by atoms with Crippen molar-refractivity contribution in [3.8, 4) is 5.69 Å². The summed E-state index contributed by atoms with van der Waals surface area (Å²) in [4.78, 5) is 0. The monoisotopic (exact) mass is 228 g/mol. The quantitative estimate of drug-likeness (QED) is 0.813. The Bertz CT molecular complexity index is 557. The Morgan fingerprint density at radius 1 is 1.41 bits per heavy atom. The van der Waals surface area contributed by atoms with Crippen molar-refractivity contribution in [3.05, 3.63) is 46.8 Å². The summed E-state index contributed by atoms with van der Waals surface area (Å²) >= 11 is 0. The minimum absolute atomic E-state index is 0.564. The molecule has 2 aromatic rings. The van der Waals surface area contributed by atoms with E-state index >= 15 is 0 Å². The molecule has 0 bridgehead atoms.